The Bertz CT molecular complexity index is 713. The van der Waals surface area contributed by atoms with E-state index in [-0.39, 0.29) is 18.4 Å². The van der Waals surface area contributed by atoms with Crippen molar-refractivity contribution in [2.24, 2.45) is 0 Å². The molecule has 22 heavy (non-hydrogen) atoms. The van der Waals surface area contributed by atoms with Gasteiger partial charge in [-0.1, -0.05) is 12.1 Å². The smallest absolute Gasteiger partial charge is 0.269 e. The molecule has 114 valence electrons. The number of thiophene rings is 1. The molecule has 2 heterocycles. The lowest BCUT2D eigenvalue weighted by Crippen LogP contribution is -2.40. The normalized spacial score (nSPS) is 16.0. The molecule has 0 bridgehead atoms. The summed E-state index contributed by atoms with van der Waals surface area (Å²) in [5.74, 6) is 0.560. The Morgan fingerprint density at radius 2 is 2.00 bits per heavy atom. The Morgan fingerprint density at radius 3 is 2.77 bits per heavy atom. The van der Waals surface area contributed by atoms with Gasteiger partial charge in [-0.05, 0) is 23.6 Å². The van der Waals surface area contributed by atoms with E-state index in [1.165, 1.54) is 11.3 Å². The Labute approximate surface area is 131 Å². The van der Waals surface area contributed by atoms with Crippen LogP contribution in [0.4, 0.5) is 5.00 Å². The highest BCUT2D eigenvalue weighted by Crippen LogP contribution is 2.31. The molecule has 2 aromatic rings. The van der Waals surface area contributed by atoms with Crippen molar-refractivity contribution in [2.45, 2.75) is 6.10 Å². The summed E-state index contributed by atoms with van der Waals surface area (Å²) in [6, 6.07) is 8.84. The molecule has 0 radical (unpaired) electrons. The predicted octanol–water partition coefficient (Wildman–Crippen LogP) is 1.89. The second-order valence-corrected chi connectivity index (χ2v) is 5.51. The molecule has 3 rings (SSSR count). The number of carbonyl (C=O) groups excluding carboxylic acids is 2. The SMILES string of the molecule is CNC(=O)c1ccsc1NC(=O)[C@@H]1COc2ccccc2O1. The highest BCUT2D eigenvalue weighted by Gasteiger charge is 2.28. The van der Waals surface area contributed by atoms with Crippen LogP contribution >= 0.6 is 11.3 Å². The van der Waals surface area contributed by atoms with Crippen LogP contribution in [0, 0.1) is 0 Å². The van der Waals surface area contributed by atoms with Gasteiger partial charge in [0.1, 0.15) is 11.6 Å². The first-order valence-corrected chi connectivity index (χ1v) is 7.56. The molecule has 1 aromatic carbocycles. The Morgan fingerprint density at radius 1 is 1.23 bits per heavy atom. The van der Waals surface area contributed by atoms with Crippen molar-refractivity contribution in [1.29, 1.82) is 0 Å². The van der Waals surface area contributed by atoms with Crippen LogP contribution in [-0.4, -0.2) is 31.6 Å². The van der Waals surface area contributed by atoms with E-state index in [4.69, 9.17) is 9.47 Å². The third-order valence-electron chi connectivity index (χ3n) is 3.17. The Hall–Kier alpha value is -2.54. The van der Waals surface area contributed by atoms with Crippen molar-refractivity contribution < 1.29 is 19.1 Å². The summed E-state index contributed by atoms with van der Waals surface area (Å²) >= 11 is 1.28. The van der Waals surface area contributed by atoms with Gasteiger partial charge in [0.15, 0.2) is 11.5 Å². The van der Waals surface area contributed by atoms with Gasteiger partial charge in [-0.3, -0.25) is 9.59 Å². The van der Waals surface area contributed by atoms with Crippen molar-refractivity contribution in [2.75, 3.05) is 19.0 Å². The molecule has 7 heteroatoms. The Kier molecular flexibility index (Phi) is 3.97. The first-order valence-electron chi connectivity index (χ1n) is 6.68. The summed E-state index contributed by atoms with van der Waals surface area (Å²) in [7, 11) is 1.54. The quantitative estimate of drug-likeness (QED) is 0.906. The van der Waals surface area contributed by atoms with Gasteiger partial charge in [-0.15, -0.1) is 11.3 Å². The molecule has 0 saturated heterocycles. The number of hydrogen-bond donors (Lipinski definition) is 2. The maximum absolute atomic E-state index is 12.3. The van der Waals surface area contributed by atoms with E-state index in [0.29, 0.717) is 22.1 Å². The molecular weight excluding hydrogens is 304 g/mol. The van der Waals surface area contributed by atoms with E-state index in [1.54, 1.807) is 30.6 Å². The molecule has 1 aromatic heterocycles. The van der Waals surface area contributed by atoms with E-state index in [9.17, 15) is 9.59 Å². The zero-order valence-corrected chi connectivity index (χ0v) is 12.6. The fraction of sp³-hybridized carbons (Fsp3) is 0.200. The number of carbonyl (C=O) groups is 2. The maximum Gasteiger partial charge on any atom is 0.269 e. The molecule has 0 fully saturated rings. The highest BCUT2D eigenvalue weighted by atomic mass is 32.1. The molecule has 0 unspecified atom stereocenters. The van der Waals surface area contributed by atoms with Crippen LogP contribution in [0.25, 0.3) is 0 Å². The number of fused-ring (bicyclic) bond motifs is 1. The number of hydrogen-bond acceptors (Lipinski definition) is 5. The second kappa shape index (κ2) is 6.07. The molecule has 6 nitrogen and oxygen atoms in total. The number of para-hydroxylation sites is 2. The summed E-state index contributed by atoms with van der Waals surface area (Å²) < 4.78 is 11.1. The van der Waals surface area contributed by atoms with Gasteiger partial charge < -0.3 is 20.1 Å². The van der Waals surface area contributed by atoms with Crippen molar-refractivity contribution >= 4 is 28.2 Å². The summed E-state index contributed by atoms with van der Waals surface area (Å²) in [6.45, 7) is 0.129. The molecule has 1 aliphatic rings. The minimum absolute atomic E-state index is 0.129. The molecule has 2 amide bonds. The summed E-state index contributed by atoms with van der Waals surface area (Å²) in [5.41, 5.74) is 0.429. The van der Waals surface area contributed by atoms with Gasteiger partial charge >= 0.3 is 0 Å². The monoisotopic (exact) mass is 318 g/mol. The predicted molar refractivity (Wildman–Crippen MR) is 82.7 cm³/mol. The third kappa shape index (κ3) is 2.75. The Balaban J connectivity index is 1.71. The van der Waals surface area contributed by atoms with E-state index in [1.807, 2.05) is 12.1 Å². The van der Waals surface area contributed by atoms with Crippen LogP contribution < -0.4 is 20.1 Å². The van der Waals surface area contributed by atoms with E-state index >= 15 is 0 Å². The van der Waals surface area contributed by atoms with Gasteiger partial charge in [0, 0.05) is 7.05 Å². The minimum atomic E-state index is -0.755. The average Bonchev–Trinajstić information content (AvgIpc) is 3.01. The first kappa shape index (κ1) is 14.4. The average molecular weight is 318 g/mol. The highest BCUT2D eigenvalue weighted by molar-refractivity contribution is 7.14. The molecule has 0 spiro atoms. The van der Waals surface area contributed by atoms with Crippen LogP contribution in [0.1, 0.15) is 10.4 Å². The van der Waals surface area contributed by atoms with E-state index in [2.05, 4.69) is 10.6 Å². The molecule has 1 aliphatic heterocycles. The third-order valence-corrected chi connectivity index (χ3v) is 4.00. The van der Waals surface area contributed by atoms with Crippen molar-refractivity contribution in [1.82, 2.24) is 5.32 Å². The number of benzene rings is 1. The summed E-state index contributed by atoms with van der Waals surface area (Å²) in [5, 5.41) is 7.49. The fourth-order valence-electron chi connectivity index (χ4n) is 2.06. The van der Waals surface area contributed by atoms with Gasteiger partial charge in [-0.25, -0.2) is 0 Å². The van der Waals surface area contributed by atoms with E-state index in [0.717, 1.165) is 0 Å². The fourth-order valence-corrected chi connectivity index (χ4v) is 2.85. The molecule has 0 aliphatic carbocycles. The standard InChI is InChI=1S/C15H14N2O4S/c1-16-13(18)9-6-7-22-15(9)17-14(19)12-8-20-10-4-2-3-5-11(10)21-12/h2-7,12H,8H2,1H3,(H,16,18)(H,17,19)/t12-/m0/s1. The summed E-state index contributed by atoms with van der Waals surface area (Å²) in [6.07, 6.45) is -0.755. The zero-order valence-electron chi connectivity index (χ0n) is 11.8. The van der Waals surface area contributed by atoms with E-state index < -0.39 is 6.10 Å². The largest absolute Gasteiger partial charge is 0.485 e. The lowest BCUT2D eigenvalue weighted by molar-refractivity contribution is -0.125. The molecular formula is C15H14N2O4S. The topological polar surface area (TPSA) is 76.7 Å². The number of amides is 2. The molecule has 1 atom stereocenters. The van der Waals surface area contributed by atoms with Gasteiger partial charge in [0.25, 0.3) is 11.8 Å². The lowest BCUT2D eigenvalue weighted by atomic mass is 10.2. The van der Waals surface area contributed by atoms with Crippen LogP contribution in [-0.2, 0) is 4.79 Å². The number of ether oxygens (including phenoxy) is 2. The van der Waals surface area contributed by atoms with Crippen molar-refractivity contribution in [3.8, 4) is 11.5 Å². The number of rotatable bonds is 3. The maximum atomic E-state index is 12.3. The molecule has 0 saturated carbocycles. The van der Waals surface area contributed by atoms with Gasteiger partial charge in [0.05, 0.1) is 5.56 Å². The van der Waals surface area contributed by atoms with Crippen LogP contribution in [0.3, 0.4) is 0 Å². The van der Waals surface area contributed by atoms with Crippen molar-refractivity contribution in [3.63, 3.8) is 0 Å². The van der Waals surface area contributed by atoms with Crippen LogP contribution in [0.15, 0.2) is 35.7 Å². The van der Waals surface area contributed by atoms with Gasteiger partial charge in [0.2, 0.25) is 6.10 Å². The number of nitrogens with one attached hydrogen (secondary N) is 2. The van der Waals surface area contributed by atoms with Crippen molar-refractivity contribution in [3.05, 3.63) is 41.3 Å². The van der Waals surface area contributed by atoms with Crippen LogP contribution in [0.5, 0.6) is 11.5 Å². The zero-order chi connectivity index (χ0) is 15.5. The molecule has 2 N–H and O–H groups in total. The lowest BCUT2D eigenvalue weighted by Gasteiger charge is -2.25. The first-order chi connectivity index (χ1) is 10.7. The minimum Gasteiger partial charge on any atom is -0.485 e. The second-order valence-electron chi connectivity index (χ2n) is 4.60. The number of anilines is 1. The van der Waals surface area contributed by atoms with Crippen LogP contribution in [0.2, 0.25) is 0 Å². The summed E-state index contributed by atoms with van der Waals surface area (Å²) in [4.78, 5) is 24.0. The van der Waals surface area contributed by atoms with Gasteiger partial charge in [-0.2, -0.15) is 0 Å².